The van der Waals surface area contributed by atoms with Crippen molar-refractivity contribution in [1.82, 2.24) is 4.90 Å². The Kier molecular flexibility index (Phi) is 3.37. The lowest BCUT2D eigenvalue weighted by Crippen LogP contribution is -2.33. The van der Waals surface area contributed by atoms with Crippen LogP contribution in [-0.4, -0.2) is 18.0 Å². The molecule has 1 aromatic rings. The normalized spacial score (nSPS) is 22.9. The number of halogens is 1. The van der Waals surface area contributed by atoms with Crippen molar-refractivity contribution in [3.8, 4) is 0 Å². The fourth-order valence-electron chi connectivity index (χ4n) is 2.46. The summed E-state index contributed by atoms with van der Waals surface area (Å²) in [6.07, 6.45) is 3.70. The number of piperidine rings is 1. The number of hydrogen-bond acceptors (Lipinski definition) is 1. The van der Waals surface area contributed by atoms with Gasteiger partial charge in [0.2, 0.25) is 0 Å². The van der Waals surface area contributed by atoms with Crippen LogP contribution >= 0.6 is 0 Å². The molecule has 1 fully saturated rings. The highest BCUT2D eigenvalue weighted by atomic mass is 19.1. The summed E-state index contributed by atoms with van der Waals surface area (Å²) in [5.74, 6) is -0.117. The summed E-state index contributed by atoms with van der Waals surface area (Å²) in [6, 6.07) is 7.48. The van der Waals surface area contributed by atoms with Gasteiger partial charge in [-0.25, -0.2) is 4.39 Å². The minimum atomic E-state index is -0.117. The van der Waals surface area contributed by atoms with E-state index in [9.17, 15) is 4.39 Å². The first kappa shape index (κ1) is 10.6. The highest BCUT2D eigenvalue weighted by Crippen LogP contribution is 2.30. The predicted octanol–water partition coefficient (Wildman–Crippen LogP) is 3.37. The van der Waals surface area contributed by atoms with Gasteiger partial charge in [0.1, 0.15) is 5.82 Å². The van der Waals surface area contributed by atoms with Crippen molar-refractivity contribution in [2.24, 2.45) is 0 Å². The van der Waals surface area contributed by atoms with E-state index in [1.54, 1.807) is 6.07 Å². The minimum absolute atomic E-state index is 0.117. The van der Waals surface area contributed by atoms with Crippen LogP contribution in [0, 0.1) is 5.82 Å². The van der Waals surface area contributed by atoms with Gasteiger partial charge in [0.15, 0.2) is 0 Å². The summed E-state index contributed by atoms with van der Waals surface area (Å²) in [5.41, 5.74) is 1.14. The molecule has 2 heteroatoms. The molecule has 0 spiro atoms. The summed E-state index contributed by atoms with van der Waals surface area (Å²) in [7, 11) is 0. The van der Waals surface area contributed by atoms with E-state index in [2.05, 4.69) is 11.8 Å². The van der Waals surface area contributed by atoms with Gasteiger partial charge < -0.3 is 0 Å². The number of nitrogens with zero attached hydrogens (tertiary/aromatic N) is 1. The van der Waals surface area contributed by atoms with Gasteiger partial charge in [-0.2, -0.15) is 0 Å². The zero-order chi connectivity index (χ0) is 10.7. The van der Waals surface area contributed by atoms with Gasteiger partial charge in [-0.3, -0.25) is 4.90 Å². The molecule has 1 nitrogen and oxygen atoms in total. The first-order chi connectivity index (χ1) is 7.31. The first-order valence-corrected chi connectivity index (χ1v) is 5.81. The molecule has 0 radical (unpaired) electrons. The summed E-state index contributed by atoms with van der Waals surface area (Å²) >= 11 is 0. The zero-order valence-electron chi connectivity index (χ0n) is 9.25. The Morgan fingerprint density at radius 1 is 1.40 bits per heavy atom. The van der Waals surface area contributed by atoms with Crippen LogP contribution in [0.2, 0.25) is 0 Å². The first-order valence-electron chi connectivity index (χ1n) is 5.81. The number of rotatable bonds is 2. The summed E-state index contributed by atoms with van der Waals surface area (Å²) < 4.78 is 13.1. The lowest BCUT2D eigenvalue weighted by Gasteiger charge is -2.35. The van der Waals surface area contributed by atoms with E-state index >= 15 is 0 Å². The molecular formula is C13H18FN. The molecule has 0 aliphatic carbocycles. The lowest BCUT2D eigenvalue weighted by atomic mass is 9.95. The Morgan fingerprint density at radius 3 is 3.00 bits per heavy atom. The van der Waals surface area contributed by atoms with Crippen LogP contribution in [0.15, 0.2) is 24.3 Å². The fraction of sp³-hybridized carbons (Fsp3) is 0.538. The van der Waals surface area contributed by atoms with Gasteiger partial charge >= 0.3 is 0 Å². The Labute approximate surface area is 90.9 Å². The summed E-state index contributed by atoms with van der Waals surface area (Å²) in [6.45, 7) is 4.39. The Bertz CT molecular complexity index is 324. The SMILES string of the molecule is CCN1CCCCC1c1cccc(F)c1. The van der Waals surface area contributed by atoms with E-state index in [4.69, 9.17) is 0 Å². The lowest BCUT2D eigenvalue weighted by molar-refractivity contribution is 0.157. The Morgan fingerprint density at radius 2 is 2.27 bits per heavy atom. The molecule has 1 unspecified atom stereocenters. The molecule has 1 aliphatic rings. The molecule has 82 valence electrons. The second kappa shape index (κ2) is 4.75. The van der Waals surface area contributed by atoms with Crippen LogP contribution in [-0.2, 0) is 0 Å². The highest BCUT2D eigenvalue weighted by Gasteiger charge is 2.22. The van der Waals surface area contributed by atoms with Crippen molar-refractivity contribution >= 4 is 0 Å². The molecule has 0 bridgehead atoms. The monoisotopic (exact) mass is 207 g/mol. The van der Waals surface area contributed by atoms with Crippen molar-refractivity contribution in [2.75, 3.05) is 13.1 Å². The maximum atomic E-state index is 13.1. The largest absolute Gasteiger partial charge is 0.297 e. The molecule has 1 heterocycles. The van der Waals surface area contributed by atoms with Gasteiger partial charge in [0.05, 0.1) is 0 Å². The molecule has 1 atom stereocenters. The molecule has 0 N–H and O–H groups in total. The molecule has 0 aromatic heterocycles. The van der Waals surface area contributed by atoms with Crippen molar-refractivity contribution < 1.29 is 4.39 Å². The third-order valence-corrected chi connectivity index (χ3v) is 3.25. The number of hydrogen-bond donors (Lipinski definition) is 0. The second-order valence-corrected chi connectivity index (χ2v) is 4.20. The topological polar surface area (TPSA) is 3.24 Å². The van der Waals surface area contributed by atoms with Gasteiger partial charge in [-0.1, -0.05) is 25.5 Å². The predicted molar refractivity (Wildman–Crippen MR) is 60.2 cm³/mol. The molecule has 1 aliphatic heterocycles. The molecule has 15 heavy (non-hydrogen) atoms. The average Bonchev–Trinajstić information content (AvgIpc) is 2.29. The van der Waals surface area contributed by atoms with Gasteiger partial charge in [0, 0.05) is 6.04 Å². The van der Waals surface area contributed by atoms with Crippen LogP contribution < -0.4 is 0 Å². The molecule has 0 saturated carbocycles. The van der Waals surface area contributed by atoms with Gasteiger partial charge in [-0.15, -0.1) is 0 Å². The van der Waals surface area contributed by atoms with E-state index in [1.807, 2.05) is 12.1 Å². The zero-order valence-corrected chi connectivity index (χ0v) is 9.25. The maximum Gasteiger partial charge on any atom is 0.123 e. The van der Waals surface area contributed by atoms with Crippen LogP contribution in [0.4, 0.5) is 4.39 Å². The fourth-order valence-corrected chi connectivity index (χ4v) is 2.46. The third-order valence-electron chi connectivity index (χ3n) is 3.25. The van der Waals surface area contributed by atoms with E-state index < -0.39 is 0 Å². The highest BCUT2D eigenvalue weighted by molar-refractivity contribution is 5.20. The maximum absolute atomic E-state index is 13.1. The van der Waals surface area contributed by atoms with E-state index in [0.29, 0.717) is 6.04 Å². The van der Waals surface area contributed by atoms with Crippen LogP contribution in [0.3, 0.4) is 0 Å². The van der Waals surface area contributed by atoms with Crippen LogP contribution in [0.5, 0.6) is 0 Å². The molecule has 1 saturated heterocycles. The van der Waals surface area contributed by atoms with Gasteiger partial charge in [0.25, 0.3) is 0 Å². The van der Waals surface area contributed by atoms with E-state index in [0.717, 1.165) is 25.1 Å². The van der Waals surface area contributed by atoms with E-state index in [1.165, 1.54) is 18.9 Å². The van der Waals surface area contributed by atoms with Crippen molar-refractivity contribution in [1.29, 1.82) is 0 Å². The quantitative estimate of drug-likeness (QED) is 0.718. The third kappa shape index (κ3) is 2.37. The van der Waals surface area contributed by atoms with Crippen molar-refractivity contribution in [2.45, 2.75) is 32.2 Å². The van der Waals surface area contributed by atoms with Crippen LogP contribution in [0.1, 0.15) is 37.8 Å². The second-order valence-electron chi connectivity index (χ2n) is 4.20. The molecular weight excluding hydrogens is 189 g/mol. The number of likely N-dealkylation sites (tertiary alicyclic amines) is 1. The number of benzene rings is 1. The molecule has 0 amide bonds. The molecule has 1 aromatic carbocycles. The van der Waals surface area contributed by atoms with Crippen LogP contribution in [0.25, 0.3) is 0 Å². The standard InChI is InChI=1S/C13H18FN/c1-2-15-9-4-3-8-13(15)11-6-5-7-12(14)10-11/h5-7,10,13H,2-4,8-9H2,1H3. The van der Waals surface area contributed by atoms with Gasteiger partial charge in [-0.05, 0) is 43.6 Å². The Hall–Kier alpha value is -0.890. The van der Waals surface area contributed by atoms with E-state index in [-0.39, 0.29) is 5.82 Å². The summed E-state index contributed by atoms with van der Waals surface area (Å²) in [5, 5.41) is 0. The summed E-state index contributed by atoms with van der Waals surface area (Å²) in [4.78, 5) is 2.44. The average molecular weight is 207 g/mol. The Balaban J connectivity index is 2.20. The van der Waals surface area contributed by atoms with Crippen molar-refractivity contribution in [3.05, 3.63) is 35.6 Å². The minimum Gasteiger partial charge on any atom is -0.297 e. The molecule has 2 rings (SSSR count). The van der Waals surface area contributed by atoms with Crippen molar-refractivity contribution in [3.63, 3.8) is 0 Å². The smallest absolute Gasteiger partial charge is 0.123 e.